The monoisotopic (exact) mass is 254 g/mol. The van der Waals surface area contributed by atoms with Gasteiger partial charge in [0.15, 0.2) is 0 Å². The van der Waals surface area contributed by atoms with E-state index in [9.17, 15) is 0 Å². The highest BCUT2D eigenvalue weighted by Gasteiger charge is 2.13. The summed E-state index contributed by atoms with van der Waals surface area (Å²) in [5.74, 6) is 0. The number of nitrogens with two attached hydrogens (primary N) is 1. The van der Waals surface area contributed by atoms with Crippen LogP contribution in [0.2, 0.25) is 5.02 Å². The van der Waals surface area contributed by atoms with Crippen LogP contribution in [-0.4, -0.2) is 32.8 Å². The highest BCUT2D eigenvalue weighted by Crippen LogP contribution is 2.27. The Hall–Kier alpha value is -0.770. The van der Waals surface area contributed by atoms with Crippen molar-refractivity contribution in [2.75, 3.05) is 37.7 Å². The first-order chi connectivity index (χ1) is 8.31. The summed E-state index contributed by atoms with van der Waals surface area (Å²) in [5, 5.41) is 0.817. The van der Waals surface area contributed by atoms with Crippen LogP contribution in [0.3, 0.4) is 0 Å². The van der Waals surface area contributed by atoms with Crippen LogP contribution in [0.5, 0.6) is 0 Å². The Morgan fingerprint density at radius 3 is 2.94 bits per heavy atom. The third-order valence-corrected chi connectivity index (χ3v) is 3.31. The van der Waals surface area contributed by atoms with Gasteiger partial charge in [-0.1, -0.05) is 17.7 Å². The zero-order valence-corrected chi connectivity index (χ0v) is 10.7. The van der Waals surface area contributed by atoms with Crippen molar-refractivity contribution in [3.05, 3.63) is 28.8 Å². The van der Waals surface area contributed by atoms with Gasteiger partial charge in [-0.2, -0.15) is 0 Å². The van der Waals surface area contributed by atoms with Gasteiger partial charge in [0.1, 0.15) is 0 Å². The molecule has 1 heterocycles. The molecular formula is C13H19ClN2O. The van der Waals surface area contributed by atoms with Gasteiger partial charge < -0.3 is 15.4 Å². The van der Waals surface area contributed by atoms with Gasteiger partial charge in [-0.25, -0.2) is 0 Å². The second-order valence-electron chi connectivity index (χ2n) is 4.28. The van der Waals surface area contributed by atoms with Crippen molar-refractivity contribution in [1.29, 1.82) is 0 Å². The summed E-state index contributed by atoms with van der Waals surface area (Å²) in [4.78, 5) is 2.29. The molecule has 2 rings (SSSR count). The largest absolute Gasteiger partial charge is 0.380 e. The summed E-state index contributed by atoms with van der Waals surface area (Å²) < 4.78 is 5.45. The molecule has 1 aliphatic heterocycles. The molecule has 0 aliphatic carbocycles. The topological polar surface area (TPSA) is 38.5 Å². The lowest BCUT2D eigenvalue weighted by molar-refractivity contribution is 0.152. The van der Waals surface area contributed by atoms with Crippen LogP contribution in [-0.2, 0) is 11.2 Å². The van der Waals surface area contributed by atoms with E-state index in [0.29, 0.717) is 6.54 Å². The van der Waals surface area contributed by atoms with E-state index in [1.165, 1.54) is 5.56 Å². The van der Waals surface area contributed by atoms with Crippen molar-refractivity contribution in [3.8, 4) is 0 Å². The molecule has 0 aromatic heterocycles. The van der Waals surface area contributed by atoms with E-state index < -0.39 is 0 Å². The normalized spacial score (nSPS) is 16.9. The minimum Gasteiger partial charge on any atom is -0.380 e. The third-order valence-electron chi connectivity index (χ3n) is 3.01. The molecule has 3 nitrogen and oxygen atoms in total. The minimum absolute atomic E-state index is 0.660. The lowest BCUT2D eigenvalue weighted by Gasteiger charge is -2.23. The molecule has 4 heteroatoms. The number of halogens is 1. The second-order valence-corrected chi connectivity index (χ2v) is 4.68. The Labute approximate surface area is 107 Å². The fourth-order valence-corrected chi connectivity index (χ4v) is 2.44. The van der Waals surface area contributed by atoms with Crippen molar-refractivity contribution in [2.45, 2.75) is 12.8 Å². The van der Waals surface area contributed by atoms with Gasteiger partial charge in [-0.05, 0) is 37.1 Å². The van der Waals surface area contributed by atoms with Crippen molar-refractivity contribution >= 4 is 17.3 Å². The SMILES string of the molecule is NCCc1ccc(N2CCCOCC2)c(Cl)c1. The third kappa shape index (κ3) is 3.35. The average Bonchev–Trinajstić information content (AvgIpc) is 2.58. The quantitative estimate of drug-likeness (QED) is 0.898. The molecule has 2 N–H and O–H groups in total. The summed E-state index contributed by atoms with van der Waals surface area (Å²) in [5.41, 5.74) is 7.85. The first-order valence-electron chi connectivity index (χ1n) is 6.12. The number of hydrogen-bond acceptors (Lipinski definition) is 3. The minimum atomic E-state index is 0.660. The van der Waals surface area contributed by atoms with E-state index in [1.54, 1.807) is 0 Å². The molecule has 1 saturated heterocycles. The number of anilines is 1. The second kappa shape index (κ2) is 6.24. The summed E-state index contributed by atoms with van der Waals surface area (Å²) in [6, 6.07) is 6.23. The fraction of sp³-hybridized carbons (Fsp3) is 0.538. The van der Waals surface area contributed by atoms with E-state index >= 15 is 0 Å². The Morgan fingerprint density at radius 2 is 2.18 bits per heavy atom. The van der Waals surface area contributed by atoms with Gasteiger partial charge in [0.05, 0.1) is 17.3 Å². The highest BCUT2D eigenvalue weighted by molar-refractivity contribution is 6.33. The summed E-state index contributed by atoms with van der Waals surface area (Å²) in [7, 11) is 0. The zero-order chi connectivity index (χ0) is 12.1. The van der Waals surface area contributed by atoms with Gasteiger partial charge >= 0.3 is 0 Å². The van der Waals surface area contributed by atoms with Crippen LogP contribution in [0.1, 0.15) is 12.0 Å². The van der Waals surface area contributed by atoms with Crippen LogP contribution in [0, 0.1) is 0 Å². The summed E-state index contributed by atoms with van der Waals surface area (Å²) >= 11 is 6.33. The van der Waals surface area contributed by atoms with Crippen LogP contribution >= 0.6 is 11.6 Å². The maximum Gasteiger partial charge on any atom is 0.0642 e. The molecule has 0 saturated carbocycles. The maximum absolute atomic E-state index is 6.33. The number of ether oxygens (including phenoxy) is 1. The average molecular weight is 255 g/mol. The molecule has 0 bridgehead atoms. The number of hydrogen-bond donors (Lipinski definition) is 1. The van der Waals surface area contributed by atoms with Crippen molar-refractivity contribution in [3.63, 3.8) is 0 Å². The van der Waals surface area contributed by atoms with E-state index in [0.717, 1.165) is 49.9 Å². The first-order valence-corrected chi connectivity index (χ1v) is 6.50. The predicted octanol–water partition coefficient (Wildman–Crippen LogP) is 2.07. The van der Waals surface area contributed by atoms with Crippen LogP contribution in [0.25, 0.3) is 0 Å². The Kier molecular flexibility index (Phi) is 4.66. The lowest BCUT2D eigenvalue weighted by Crippen LogP contribution is -2.26. The van der Waals surface area contributed by atoms with E-state index in [-0.39, 0.29) is 0 Å². The van der Waals surface area contributed by atoms with Crippen molar-refractivity contribution in [1.82, 2.24) is 0 Å². The Bertz CT molecular complexity index is 362. The van der Waals surface area contributed by atoms with Gasteiger partial charge in [0, 0.05) is 19.7 Å². The summed E-state index contributed by atoms with van der Waals surface area (Å²) in [6.45, 7) is 4.21. The smallest absolute Gasteiger partial charge is 0.0642 e. The molecule has 0 atom stereocenters. The molecule has 1 fully saturated rings. The predicted molar refractivity (Wildman–Crippen MR) is 71.9 cm³/mol. The van der Waals surface area contributed by atoms with E-state index in [4.69, 9.17) is 22.1 Å². The van der Waals surface area contributed by atoms with E-state index in [1.807, 2.05) is 6.07 Å². The zero-order valence-electron chi connectivity index (χ0n) is 9.99. The summed E-state index contributed by atoms with van der Waals surface area (Å²) in [6.07, 6.45) is 1.93. The standard InChI is InChI=1S/C13H19ClN2O/c14-12-10-11(4-5-15)2-3-13(12)16-6-1-8-17-9-7-16/h2-3,10H,1,4-9,15H2. The van der Waals surface area contributed by atoms with Crippen LogP contribution in [0.15, 0.2) is 18.2 Å². The van der Waals surface area contributed by atoms with Crippen molar-refractivity contribution in [2.24, 2.45) is 5.73 Å². The molecule has 94 valence electrons. The first kappa shape index (κ1) is 12.7. The highest BCUT2D eigenvalue weighted by atomic mass is 35.5. The molecule has 1 aliphatic rings. The molecule has 1 aromatic carbocycles. The molecule has 1 aromatic rings. The molecule has 0 amide bonds. The van der Waals surface area contributed by atoms with Crippen LogP contribution < -0.4 is 10.6 Å². The Morgan fingerprint density at radius 1 is 1.29 bits per heavy atom. The van der Waals surface area contributed by atoms with E-state index in [2.05, 4.69) is 17.0 Å². The van der Waals surface area contributed by atoms with Gasteiger partial charge in [-0.15, -0.1) is 0 Å². The van der Waals surface area contributed by atoms with Gasteiger partial charge in [-0.3, -0.25) is 0 Å². The number of nitrogens with zero attached hydrogens (tertiary/aromatic N) is 1. The molecule has 0 radical (unpaired) electrons. The van der Waals surface area contributed by atoms with Crippen molar-refractivity contribution < 1.29 is 4.74 Å². The Balaban J connectivity index is 2.14. The number of benzene rings is 1. The van der Waals surface area contributed by atoms with Crippen LogP contribution in [0.4, 0.5) is 5.69 Å². The van der Waals surface area contributed by atoms with Gasteiger partial charge in [0.25, 0.3) is 0 Å². The maximum atomic E-state index is 6.33. The molecular weight excluding hydrogens is 236 g/mol. The lowest BCUT2D eigenvalue weighted by atomic mass is 10.1. The molecule has 17 heavy (non-hydrogen) atoms. The molecule has 0 spiro atoms. The van der Waals surface area contributed by atoms with Gasteiger partial charge in [0.2, 0.25) is 0 Å². The molecule has 0 unspecified atom stereocenters. The fourth-order valence-electron chi connectivity index (χ4n) is 2.12. The number of rotatable bonds is 3.